The molecule has 3 rings (SSSR count). The summed E-state index contributed by atoms with van der Waals surface area (Å²) in [5.74, 6) is 0. The van der Waals surface area contributed by atoms with Gasteiger partial charge in [-0.05, 0) is 48.6 Å². The van der Waals surface area contributed by atoms with Crippen molar-refractivity contribution >= 4 is 28.2 Å². The molecule has 0 aliphatic heterocycles. The molecule has 27 heavy (non-hydrogen) atoms. The number of aromatic nitrogens is 1. The van der Waals surface area contributed by atoms with Gasteiger partial charge in [-0.2, -0.15) is 0 Å². The molecule has 1 aromatic heterocycles. The highest BCUT2D eigenvalue weighted by atomic mass is 14.7. The van der Waals surface area contributed by atoms with E-state index in [1.165, 1.54) is 5.56 Å². The van der Waals surface area contributed by atoms with E-state index in [0.717, 1.165) is 45.4 Å². The highest BCUT2D eigenvalue weighted by molar-refractivity contribution is 5.93. The summed E-state index contributed by atoms with van der Waals surface area (Å²) in [5.41, 5.74) is 19.0. The Labute approximate surface area is 160 Å². The number of nitrogens with zero attached hydrogens (tertiary/aromatic N) is 1. The van der Waals surface area contributed by atoms with Crippen molar-refractivity contribution in [2.24, 2.45) is 5.73 Å². The fraction of sp³-hybridized carbons (Fsp3) is 0.125. The maximum Gasteiger partial charge on any atom is 0.0940 e. The van der Waals surface area contributed by atoms with Crippen LogP contribution in [0.1, 0.15) is 29.3 Å². The molecule has 0 saturated heterocycles. The van der Waals surface area contributed by atoms with Crippen LogP contribution in [-0.4, -0.2) is 4.98 Å². The summed E-state index contributed by atoms with van der Waals surface area (Å²) < 4.78 is 0. The van der Waals surface area contributed by atoms with E-state index in [1.807, 2.05) is 38.1 Å². The van der Waals surface area contributed by atoms with Gasteiger partial charge in [0.25, 0.3) is 0 Å². The van der Waals surface area contributed by atoms with Crippen LogP contribution in [0, 0.1) is 6.92 Å². The first-order chi connectivity index (χ1) is 13.1. The molecule has 4 N–H and O–H groups in total. The average Bonchev–Trinajstić information content (AvgIpc) is 2.68. The lowest BCUT2D eigenvalue weighted by molar-refractivity contribution is 1.25. The van der Waals surface area contributed by atoms with Crippen LogP contribution in [0.4, 0.5) is 5.69 Å². The molecule has 0 amide bonds. The van der Waals surface area contributed by atoms with Crippen LogP contribution >= 0.6 is 0 Å². The van der Waals surface area contributed by atoms with Gasteiger partial charge in [0.2, 0.25) is 0 Å². The molecular weight excluding hydrogens is 330 g/mol. The van der Waals surface area contributed by atoms with E-state index in [0.29, 0.717) is 0 Å². The molecule has 0 aliphatic rings. The molecule has 0 bridgehead atoms. The second kappa shape index (κ2) is 8.37. The van der Waals surface area contributed by atoms with E-state index in [4.69, 9.17) is 11.5 Å². The molecule has 0 radical (unpaired) electrons. The van der Waals surface area contributed by atoms with Gasteiger partial charge >= 0.3 is 0 Å². The lowest BCUT2D eigenvalue weighted by Gasteiger charge is -2.07. The van der Waals surface area contributed by atoms with Crippen molar-refractivity contribution in [1.29, 1.82) is 0 Å². The maximum atomic E-state index is 6.34. The lowest BCUT2D eigenvalue weighted by atomic mass is 10.0. The van der Waals surface area contributed by atoms with Crippen LogP contribution in [0.3, 0.4) is 0 Å². The molecule has 0 fully saturated rings. The van der Waals surface area contributed by atoms with Crippen LogP contribution < -0.4 is 11.5 Å². The SMILES string of the molecule is C/C=C\C(=C/N)c1cccc(C/C=C\c2ccc3ccc(C)nc3c2N)c1. The van der Waals surface area contributed by atoms with Gasteiger partial charge in [0.05, 0.1) is 11.2 Å². The number of hydrogen-bond donors (Lipinski definition) is 2. The van der Waals surface area contributed by atoms with E-state index >= 15 is 0 Å². The van der Waals surface area contributed by atoms with Gasteiger partial charge in [-0.25, -0.2) is 0 Å². The molecule has 3 nitrogen and oxygen atoms in total. The van der Waals surface area contributed by atoms with Crippen molar-refractivity contribution in [3.05, 3.63) is 95.3 Å². The molecule has 2 aromatic carbocycles. The number of nitrogens with two attached hydrogens (primary N) is 2. The Morgan fingerprint density at radius 2 is 1.93 bits per heavy atom. The summed E-state index contributed by atoms with van der Waals surface area (Å²) >= 11 is 0. The van der Waals surface area contributed by atoms with Crippen molar-refractivity contribution in [1.82, 2.24) is 4.98 Å². The first-order valence-corrected chi connectivity index (χ1v) is 9.08. The smallest absolute Gasteiger partial charge is 0.0940 e. The van der Waals surface area contributed by atoms with Gasteiger partial charge in [0.15, 0.2) is 0 Å². The molecular formula is C24H25N3. The number of nitrogen functional groups attached to an aromatic ring is 1. The predicted octanol–water partition coefficient (Wildman–Crippen LogP) is 5.26. The molecule has 0 spiro atoms. The number of hydrogen-bond acceptors (Lipinski definition) is 3. The van der Waals surface area contributed by atoms with E-state index in [1.54, 1.807) is 6.20 Å². The minimum Gasteiger partial charge on any atom is -0.404 e. The Balaban J connectivity index is 1.82. The van der Waals surface area contributed by atoms with E-state index in [-0.39, 0.29) is 0 Å². The Hall–Kier alpha value is -3.33. The van der Waals surface area contributed by atoms with E-state index < -0.39 is 0 Å². The van der Waals surface area contributed by atoms with Crippen LogP contribution in [0.5, 0.6) is 0 Å². The zero-order chi connectivity index (χ0) is 19.2. The summed E-state index contributed by atoms with van der Waals surface area (Å²) in [6.45, 7) is 3.96. The zero-order valence-corrected chi connectivity index (χ0v) is 15.8. The normalized spacial score (nSPS) is 12.4. The van der Waals surface area contributed by atoms with Crippen LogP contribution in [0.15, 0.2) is 73.0 Å². The minimum atomic E-state index is 0.725. The van der Waals surface area contributed by atoms with Crippen molar-refractivity contribution in [3.8, 4) is 0 Å². The molecule has 0 saturated carbocycles. The molecule has 136 valence electrons. The third-order valence-corrected chi connectivity index (χ3v) is 4.51. The summed E-state index contributed by atoms with van der Waals surface area (Å²) in [7, 11) is 0. The fourth-order valence-corrected chi connectivity index (χ4v) is 3.10. The number of fused-ring (bicyclic) bond motifs is 1. The Morgan fingerprint density at radius 3 is 2.70 bits per heavy atom. The van der Waals surface area contributed by atoms with Gasteiger partial charge in [0.1, 0.15) is 0 Å². The average molecular weight is 355 g/mol. The van der Waals surface area contributed by atoms with Crippen LogP contribution in [-0.2, 0) is 6.42 Å². The standard InChI is InChI=1S/C24H25N3/c1-3-6-22(16-25)21-10-5-8-18(15-21)7-4-9-19-13-14-20-12-11-17(2)27-24(20)23(19)26/h3-6,8-16H,7,25-26H2,1-2H3/b6-3-,9-4-,22-16+. The highest BCUT2D eigenvalue weighted by Crippen LogP contribution is 2.25. The Morgan fingerprint density at radius 1 is 1.11 bits per heavy atom. The first kappa shape index (κ1) is 18.5. The van der Waals surface area contributed by atoms with E-state index in [2.05, 4.69) is 53.5 Å². The number of allylic oxidation sites excluding steroid dienone is 4. The Bertz CT molecular complexity index is 1040. The van der Waals surface area contributed by atoms with Gasteiger partial charge in [-0.1, -0.05) is 66.8 Å². The largest absolute Gasteiger partial charge is 0.404 e. The molecule has 3 heteroatoms. The first-order valence-electron chi connectivity index (χ1n) is 9.08. The Kier molecular flexibility index (Phi) is 5.72. The quantitative estimate of drug-likeness (QED) is 0.485. The van der Waals surface area contributed by atoms with Gasteiger partial charge in [-0.15, -0.1) is 0 Å². The van der Waals surface area contributed by atoms with Crippen molar-refractivity contribution in [2.75, 3.05) is 5.73 Å². The number of pyridine rings is 1. The number of aryl methyl sites for hydroxylation is 1. The van der Waals surface area contributed by atoms with Crippen molar-refractivity contribution < 1.29 is 0 Å². The topological polar surface area (TPSA) is 64.9 Å². The lowest BCUT2D eigenvalue weighted by Crippen LogP contribution is -1.94. The maximum absolute atomic E-state index is 6.34. The molecule has 0 unspecified atom stereocenters. The monoisotopic (exact) mass is 355 g/mol. The summed E-state index contributed by atoms with van der Waals surface area (Å²) in [6.07, 6.45) is 10.7. The summed E-state index contributed by atoms with van der Waals surface area (Å²) in [6, 6.07) is 16.6. The summed E-state index contributed by atoms with van der Waals surface area (Å²) in [5, 5.41) is 1.06. The molecule has 1 heterocycles. The van der Waals surface area contributed by atoms with Gasteiger partial charge in [0, 0.05) is 17.3 Å². The second-order valence-electron chi connectivity index (χ2n) is 6.52. The molecule has 0 atom stereocenters. The minimum absolute atomic E-state index is 0.725. The third-order valence-electron chi connectivity index (χ3n) is 4.51. The number of benzene rings is 2. The zero-order valence-electron chi connectivity index (χ0n) is 15.8. The highest BCUT2D eigenvalue weighted by Gasteiger charge is 2.04. The van der Waals surface area contributed by atoms with Crippen LogP contribution in [0.25, 0.3) is 22.6 Å². The van der Waals surface area contributed by atoms with Crippen molar-refractivity contribution in [3.63, 3.8) is 0 Å². The number of anilines is 1. The van der Waals surface area contributed by atoms with E-state index in [9.17, 15) is 0 Å². The summed E-state index contributed by atoms with van der Waals surface area (Å²) in [4.78, 5) is 4.58. The predicted molar refractivity (Wildman–Crippen MR) is 117 cm³/mol. The fourth-order valence-electron chi connectivity index (χ4n) is 3.10. The van der Waals surface area contributed by atoms with Crippen LogP contribution in [0.2, 0.25) is 0 Å². The second-order valence-corrected chi connectivity index (χ2v) is 6.52. The molecule has 3 aromatic rings. The number of rotatable bonds is 5. The van der Waals surface area contributed by atoms with Crippen molar-refractivity contribution in [2.45, 2.75) is 20.3 Å². The molecule has 0 aliphatic carbocycles. The van der Waals surface area contributed by atoms with Gasteiger partial charge in [-0.3, -0.25) is 4.98 Å². The van der Waals surface area contributed by atoms with Gasteiger partial charge < -0.3 is 11.5 Å². The third kappa shape index (κ3) is 4.26.